The minimum absolute atomic E-state index is 0.196. The van der Waals surface area contributed by atoms with E-state index in [4.69, 9.17) is 72.1 Å². The SMILES string of the molecule is CC=CC(=O)OCCCOc1ccc(C2(SC3(c4ccc(OCCCOC(=O)C=CC)c(Cl)c4)N=NC(c4cc(OCC)n[nH]4)S3)N=NC(c3cc(OCC)n[nH]3)S2)cc1Cl. The molecule has 0 radical (unpaired) electrons. The topological polar surface area (TPSA) is 196 Å². The fourth-order valence-corrected chi connectivity index (χ4v) is 11.0. The van der Waals surface area contributed by atoms with Crippen LogP contribution in [0.3, 0.4) is 0 Å². The van der Waals surface area contributed by atoms with Crippen LogP contribution in [0.2, 0.25) is 10.0 Å². The van der Waals surface area contributed by atoms with E-state index in [0.29, 0.717) is 81.9 Å². The molecule has 2 aliphatic heterocycles. The van der Waals surface area contributed by atoms with Crippen molar-refractivity contribution in [1.82, 2.24) is 20.4 Å². The Morgan fingerprint density at radius 2 is 1.13 bits per heavy atom. The normalized spacial score (nSPS) is 20.8. The maximum Gasteiger partial charge on any atom is 0.330 e. The fourth-order valence-electron chi connectivity index (χ4n) is 5.71. The Balaban J connectivity index is 1.31. The lowest BCUT2D eigenvalue weighted by atomic mass is 10.2. The number of nitrogens with one attached hydrogen (secondary N) is 2. The number of allylic oxidation sites excluding steroid dienone is 2. The molecular weight excluding hydrogens is 888 g/mol. The van der Waals surface area contributed by atoms with Crippen molar-refractivity contribution < 1.29 is 38.0 Å². The molecule has 0 saturated heterocycles. The molecule has 324 valence electrons. The van der Waals surface area contributed by atoms with Gasteiger partial charge >= 0.3 is 11.9 Å². The van der Waals surface area contributed by atoms with Crippen molar-refractivity contribution in [3.05, 3.63) is 105 Å². The van der Waals surface area contributed by atoms with Crippen LogP contribution in [0.1, 0.15) is 73.8 Å². The Morgan fingerprint density at radius 1 is 0.689 bits per heavy atom. The first kappa shape index (κ1) is 45.8. The molecule has 0 aliphatic carbocycles. The molecule has 2 aliphatic rings. The van der Waals surface area contributed by atoms with Gasteiger partial charge in [-0.2, -0.15) is 20.5 Å². The number of carbonyl (C=O) groups excluding carboxylic acids is 2. The molecule has 61 heavy (non-hydrogen) atoms. The second-order valence-corrected chi connectivity index (χ2v) is 18.1. The lowest BCUT2D eigenvalue weighted by Gasteiger charge is -2.34. The summed E-state index contributed by atoms with van der Waals surface area (Å²) in [6, 6.07) is 14.5. The van der Waals surface area contributed by atoms with Gasteiger partial charge in [-0.25, -0.2) is 9.59 Å². The number of hydrogen-bond donors (Lipinski definition) is 2. The quantitative estimate of drug-likeness (QED) is 0.0429. The highest BCUT2D eigenvalue weighted by molar-refractivity contribution is 8.25. The van der Waals surface area contributed by atoms with Crippen molar-refractivity contribution in [2.24, 2.45) is 20.5 Å². The molecule has 4 atom stereocenters. The molecule has 2 aromatic heterocycles. The molecule has 21 heteroatoms. The number of azo groups is 2. The first-order valence-corrected chi connectivity index (χ1v) is 22.6. The van der Waals surface area contributed by atoms with Gasteiger partial charge in [-0.1, -0.05) is 82.8 Å². The average molecular weight is 932 g/mol. The van der Waals surface area contributed by atoms with E-state index >= 15 is 0 Å². The van der Waals surface area contributed by atoms with Crippen molar-refractivity contribution >= 4 is 70.4 Å². The van der Waals surface area contributed by atoms with Gasteiger partial charge in [0, 0.05) is 48.3 Å². The van der Waals surface area contributed by atoms with Crippen LogP contribution in [0.25, 0.3) is 0 Å². The van der Waals surface area contributed by atoms with Gasteiger partial charge in [0.1, 0.15) is 11.5 Å². The first-order valence-electron chi connectivity index (χ1n) is 19.3. The third kappa shape index (κ3) is 11.8. The van der Waals surface area contributed by atoms with Crippen molar-refractivity contribution in [3.8, 4) is 23.3 Å². The molecule has 4 heterocycles. The summed E-state index contributed by atoms with van der Waals surface area (Å²) in [5.74, 6) is 0.957. The Bertz CT molecular complexity index is 2100. The predicted molar refractivity (Wildman–Crippen MR) is 236 cm³/mol. The largest absolute Gasteiger partial charge is 0.492 e. The summed E-state index contributed by atoms with van der Waals surface area (Å²) in [6.07, 6.45) is 6.89. The highest BCUT2D eigenvalue weighted by atomic mass is 35.5. The Kier molecular flexibility index (Phi) is 16.5. The molecule has 0 fully saturated rings. The van der Waals surface area contributed by atoms with Gasteiger partial charge in [0.15, 0.2) is 10.7 Å². The maximum absolute atomic E-state index is 11.7. The number of aromatic amines is 2. The van der Waals surface area contributed by atoms with Crippen LogP contribution in [0.5, 0.6) is 23.3 Å². The summed E-state index contributed by atoms with van der Waals surface area (Å²) in [7, 11) is 0. The summed E-state index contributed by atoms with van der Waals surface area (Å²) in [5.41, 5.74) is 2.79. The van der Waals surface area contributed by atoms with Gasteiger partial charge < -0.3 is 28.4 Å². The van der Waals surface area contributed by atoms with E-state index in [1.165, 1.54) is 47.4 Å². The average Bonchev–Trinajstić information content (AvgIpc) is 4.07. The molecule has 0 amide bonds. The Morgan fingerprint density at radius 3 is 1.52 bits per heavy atom. The zero-order valence-corrected chi connectivity index (χ0v) is 37.6. The number of H-pyrrole nitrogens is 2. The number of thioether (sulfide) groups is 3. The van der Waals surface area contributed by atoms with Crippen LogP contribution >= 0.6 is 58.5 Å². The number of hydrogen-bond acceptors (Lipinski definition) is 17. The van der Waals surface area contributed by atoms with Gasteiger partial charge in [-0.3, -0.25) is 10.2 Å². The molecule has 0 bridgehead atoms. The zero-order chi connectivity index (χ0) is 43.2. The maximum atomic E-state index is 11.7. The fraction of sp³-hybridized carbons (Fsp3) is 0.400. The number of nitrogens with zero attached hydrogens (tertiary/aromatic N) is 6. The molecular formula is C40H44Cl2N8O8S3. The molecule has 4 aromatic rings. The first-order chi connectivity index (χ1) is 29.6. The number of benzene rings is 2. The van der Waals surface area contributed by atoms with Gasteiger partial charge in [0.2, 0.25) is 20.2 Å². The van der Waals surface area contributed by atoms with Gasteiger partial charge in [0.05, 0.1) is 61.1 Å². The van der Waals surface area contributed by atoms with Crippen molar-refractivity contribution in [2.75, 3.05) is 39.6 Å². The summed E-state index contributed by atoms with van der Waals surface area (Å²) in [6.45, 7) is 9.09. The Labute approximate surface area is 375 Å². The van der Waals surface area contributed by atoms with Crippen LogP contribution in [0, 0.1) is 0 Å². The van der Waals surface area contributed by atoms with Crippen LogP contribution in [0.15, 0.2) is 93.3 Å². The van der Waals surface area contributed by atoms with Gasteiger partial charge in [-0.05, 0) is 52.0 Å². The lowest BCUT2D eigenvalue weighted by molar-refractivity contribution is -0.138. The van der Waals surface area contributed by atoms with E-state index in [-0.39, 0.29) is 26.4 Å². The number of carbonyl (C=O) groups is 2. The van der Waals surface area contributed by atoms with E-state index < -0.39 is 31.1 Å². The molecule has 2 aromatic carbocycles. The van der Waals surface area contributed by atoms with E-state index in [2.05, 4.69) is 20.4 Å². The van der Waals surface area contributed by atoms with E-state index in [9.17, 15) is 9.59 Å². The molecule has 16 nitrogen and oxygen atoms in total. The van der Waals surface area contributed by atoms with E-state index in [0.717, 1.165) is 0 Å². The number of halogens is 2. The monoisotopic (exact) mass is 930 g/mol. The third-order valence-electron chi connectivity index (χ3n) is 8.45. The smallest absolute Gasteiger partial charge is 0.330 e. The van der Waals surface area contributed by atoms with Gasteiger partial charge in [-0.15, -0.1) is 10.2 Å². The summed E-state index contributed by atoms with van der Waals surface area (Å²) in [5, 5.41) is 33.8. The Hall–Kier alpha value is -4.69. The third-order valence-corrected chi connectivity index (χ3v) is 13.7. The molecule has 6 rings (SSSR count). The summed E-state index contributed by atoms with van der Waals surface area (Å²) < 4.78 is 31.3. The van der Waals surface area contributed by atoms with Gasteiger partial charge in [0.25, 0.3) is 0 Å². The number of ether oxygens (including phenoxy) is 6. The molecule has 0 spiro atoms. The highest BCUT2D eigenvalue weighted by Crippen LogP contribution is 2.70. The van der Waals surface area contributed by atoms with Crippen molar-refractivity contribution in [3.63, 3.8) is 0 Å². The minimum atomic E-state index is -1.16. The highest BCUT2D eigenvalue weighted by Gasteiger charge is 2.54. The molecule has 0 saturated carbocycles. The minimum Gasteiger partial charge on any atom is -0.492 e. The van der Waals surface area contributed by atoms with E-state index in [1.807, 2.05) is 26.0 Å². The zero-order valence-electron chi connectivity index (χ0n) is 33.7. The van der Waals surface area contributed by atoms with Crippen molar-refractivity contribution in [2.45, 2.75) is 59.7 Å². The number of rotatable bonds is 22. The predicted octanol–water partition coefficient (Wildman–Crippen LogP) is 10.5. The van der Waals surface area contributed by atoms with Crippen LogP contribution in [-0.2, 0) is 27.5 Å². The molecule has 2 N–H and O–H groups in total. The summed E-state index contributed by atoms with van der Waals surface area (Å²) >= 11 is 18.2. The summed E-state index contributed by atoms with van der Waals surface area (Å²) in [4.78, 5) is 23.4. The van der Waals surface area contributed by atoms with Crippen LogP contribution in [-0.4, -0.2) is 72.0 Å². The second kappa shape index (κ2) is 21.9. The van der Waals surface area contributed by atoms with Crippen LogP contribution < -0.4 is 18.9 Å². The standard InChI is InChI=1S/C40H44Cl2N8O8S3/c1-5-11-35(51)57-19-9-17-55-31-15-13-25(21-27(31)41)39(49-47-37(59-39)29-23-33(45-43-29)53-7-3)61-40(50-48-38(60-40)30-24-34(46-44-30)54-8-4)26-14-16-32(28(42)22-26)56-18-10-20-58-36(52)12-6-2/h5-6,11-16,21-24,37-38H,7-10,17-20H2,1-4H3,(H,43,45)(H,44,46). The van der Waals surface area contributed by atoms with Crippen LogP contribution in [0.4, 0.5) is 0 Å². The number of aromatic nitrogens is 4. The van der Waals surface area contributed by atoms with Crippen molar-refractivity contribution in [1.29, 1.82) is 0 Å². The lowest BCUT2D eigenvalue weighted by Crippen LogP contribution is -2.23. The second-order valence-electron chi connectivity index (χ2n) is 12.9. The number of esters is 2. The van der Waals surface area contributed by atoms with E-state index in [1.54, 1.807) is 62.4 Å². The molecule has 4 unspecified atom stereocenters.